The summed E-state index contributed by atoms with van der Waals surface area (Å²) in [5.41, 5.74) is -1.63. The van der Waals surface area contributed by atoms with Crippen molar-refractivity contribution in [1.82, 2.24) is 5.32 Å². The van der Waals surface area contributed by atoms with Gasteiger partial charge >= 0.3 is 12.4 Å². The second-order valence-corrected chi connectivity index (χ2v) is 9.40. The molecule has 11 heteroatoms. The number of carbonyl (C=O) groups excluding carboxylic acids is 2. The van der Waals surface area contributed by atoms with Crippen molar-refractivity contribution in [2.45, 2.75) is 44.7 Å². The van der Waals surface area contributed by atoms with Crippen molar-refractivity contribution < 1.29 is 35.9 Å². The Hall–Kier alpha value is -4.02. The van der Waals surface area contributed by atoms with Gasteiger partial charge in [0.25, 0.3) is 5.91 Å². The first-order valence-electron chi connectivity index (χ1n) is 12.1. The molecule has 0 radical (unpaired) electrons. The van der Waals surface area contributed by atoms with Gasteiger partial charge in [-0.05, 0) is 55.8 Å². The summed E-state index contributed by atoms with van der Waals surface area (Å²) in [6.45, 7) is 3.57. The minimum Gasteiger partial charge on any atom is -0.342 e. The van der Waals surface area contributed by atoms with Crippen LogP contribution in [0, 0.1) is 0 Å². The van der Waals surface area contributed by atoms with Gasteiger partial charge < -0.3 is 15.1 Å². The molecule has 0 bridgehead atoms. The summed E-state index contributed by atoms with van der Waals surface area (Å²) < 4.78 is 79.9. The lowest BCUT2D eigenvalue weighted by Crippen LogP contribution is -2.53. The highest BCUT2D eigenvalue weighted by Crippen LogP contribution is 2.39. The maximum Gasteiger partial charge on any atom is 0.416 e. The highest BCUT2D eigenvalue weighted by atomic mass is 19.4. The van der Waals surface area contributed by atoms with Crippen LogP contribution in [-0.2, 0) is 28.4 Å². The van der Waals surface area contributed by atoms with E-state index >= 15 is 0 Å². The van der Waals surface area contributed by atoms with Crippen LogP contribution in [0.15, 0.2) is 72.8 Å². The zero-order valence-corrected chi connectivity index (χ0v) is 21.0. The van der Waals surface area contributed by atoms with Gasteiger partial charge in [-0.15, -0.1) is 0 Å². The molecule has 1 aliphatic heterocycles. The van der Waals surface area contributed by atoms with Gasteiger partial charge in [-0.25, -0.2) is 0 Å². The van der Waals surface area contributed by atoms with Gasteiger partial charge in [0.2, 0.25) is 5.91 Å². The summed E-state index contributed by atoms with van der Waals surface area (Å²) in [5.74, 6) is -1.39. The minimum atomic E-state index is -5.12. The minimum absolute atomic E-state index is 0.00626. The summed E-state index contributed by atoms with van der Waals surface area (Å²) in [6, 6.07) is 15.9. The van der Waals surface area contributed by atoms with E-state index in [4.69, 9.17) is 0 Å². The molecule has 1 heterocycles. The number of anilines is 3. The van der Waals surface area contributed by atoms with Crippen molar-refractivity contribution in [3.05, 3.63) is 89.5 Å². The van der Waals surface area contributed by atoms with Crippen molar-refractivity contribution >= 4 is 28.9 Å². The van der Waals surface area contributed by atoms with Crippen LogP contribution in [0.4, 0.5) is 43.4 Å². The number of hydrogen-bond acceptors (Lipinski definition) is 3. The Kier molecular flexibility index (Phi) is 7.63. The van der Waals surface area contributed by atoms with Crippen LogP contribution < -0.4 is 15.1 Å². The number of nitrogens with zero attached hydrogens (tertiary/aromatic N) is 2. The lowest BCUT2D eigenvalue weighted by Gasteiger charge is -2.29. The molecule has 2 amide bonds. The standard InChI is InChI=1S/C28H25F6N3O2/c1-17(2)37-24-11-7-6-10-23(24)36(20-8-4-3-5-9-20)16-22(26(37)39)35-25(38)14-18-12-13-19(27(29,30)31)15-21(18)28(32,33)34/h3-13,15,17,22H,14,16H2,1-2H3,(H,35,38). The van der Waals surface area contributed by atoms with E-state index in [0.717, 1.165) is 5.69 Å². The summed E-state index contributed by atoms with van der Waals surface area (Å²) in [4.78, 5) is 30.0. The smallest absolute Gasteiger partial charge is 0.342 e. The number of nitrogens with one attached hydrogen (secondary N) is 1. The number of rotatable bonds is 5. The summed E-state index contributed by atoms with van der Waals surface area (Å²) in [7, 11) is 0. The molecule has 0 saturated carbocycles. The van der Waals surface area contributed by atoms with Crippen LogP contribution in [0.2, 0.25) is 0 Å². The zero-order valence-electron chi connectivity index (χ0n) is 21.0. The lowest BCUT2D eigenvalue weighted by atomic mass is 10.00. The van der Waals surface area contributed by atoms with Crippen LogP contribution in [0.5, 0.6) is 0 Å². The molecule has 1 aliphatic rings. The quantitative estimate of drug-likeness (QED) is 0.378. The van der Waals surface area contributed by atoms with Crippen molar-refractivity contribution in [2.75, 3.05) is 16.3 Å². The first kappa shape index (κ1) is 28.0. The molecular formula is C28H25F6N3O2. The summed E-state index contributed by atoms with van der Waals surface area (Å²) >= 11 is 0. The lowest BCUT2D eigenvalue weighted by molar-refractivity contribution is -0.143. The average Bonchev–Trinajstić information content (AvgIpc) is 2.98. The number of fused-ring (bicyclic) bond motifs is 1. The monoisotopic (exact) mass is 549 g/mol. The largest absolute Gasteiger partial charge is 0.416 e. The predicted octanol–water partition coefficient (Wildman–Crippen LogP) is 6.34. The molecule has 1 atom stereocenters. The van der Waals surface area contributed by atoms with E-state index in [0.29, 0.717) is 23.5 Å². The Morgan fingerprint density at radius 3 is 2.10 bits per heavy atom. The molecule has 5 nitrogen and oxygen atoms in total. The molecule has 0 spiro atoms. The normalized spacial score (nSPS) is 16.2. The Balaban J connectivity index is 1.68. The molecule has 0 aliphatic carbocycles. The second-order valence-electron chi connectivity index (χ2n) is 9.40. The number of para-hydroxylation sites is 3. The molecule has 206 valence electrons. The maximum absolute atomic E-state index is 13.7. The van der Waals surface area contributed by atoms with Crippen molar-refractivity contribution in [3.8, 4) is 0 Å². The number of amides is 2. The molecule has 0 fully saturated rings. The molecule has 1 N–H and O–H groups in total. The first-order chi connectivity index (χ1) is 18.3. The molecule has 0 saturated heterocycles. The molecule has 4 rings (SSSR count). The fraction of sp³-hybridized carbons (Fsp3) is 0.286. The van der Waals surface area contributed by atoms with Crippen molar-refractivity contribution in [2.24, 2.45) is 0 Å². The fourth-order valence-electron chi connectivity index (χ4n) is 4.62. The summed E-state index contributed by atoms with van der Waals surface area (Å²) in [6.07, 6.45) is -11.0. The van der Waals surface area contributed by atoms with Gasteiger partial charge in [0.15, 0.2) is 0 Å². The van der Waals surface area contributed by atoms with E-state index in [1.807, 2.05) is 41.3 Å². The van der Waals surface area contributed by atoms with Crippen LogP contribution in [0.1, 0.15) is 30.5 Å². The molecular weight excluding hydrogens is 524 g/mol. The van der Waals surface area contributed by atoms with Crippen LogP contribution in [0.3, 0.4) is 0 Å². The van der Waals surface area contributed by atoms with E-state index in [2.05, 4.69) is 5.32 Å². The number of benzene rings is 3. The fourth-order valence-corrected chi connectivity index (χ4v) is 4.62. The average molecular weight is 550 g/mol. The zero-order chi connectivity index (χ0) is 28.5. The van der Waals surface area contributed by atoms with E-state index in [1.54, 1.807) is 32.0 Å². The third-order valence-electron chi connectivity index (χ3n) is 6.35. The number of carbonyl (C=O) groups is 2. The molecule has 3 aromatic rings. The maximum atomic E-state index is 13.7. The predicted molar refractivity (Wildman–Crippen MR) is 135 cm³/mol. The highest BCUT2D eigenvalue weighted by molar-refractivity contribution is 6.04. The topological polar surface area (TPSA) is 52.7 Å². The van der Waals surface area contributed by atoms with E-state index in [-0.39, 0.29) is 18.7 Å². The van der Waals surface area contributed by atoms with Gasteiger partial charge in [-0.2, -0.15) is 26.3 Å². The number of hydrogen-bond donors (Lipinski definition) is 1. The van der Waals surface area contributed by atoms with E-state index in [1.165, 1.54) is 4.90 Å². The number of halogens is 6. The van der Waals surface area contributed by atoms with Gasteiger partial charge in [-0.1, -0.05) is 36.4 Å². The Morgan fingerprint density at radius 2 is 1.51 bits per heavy atom. The SMILES string of the molecule is CC(C)N1C(=O)C(NC(=O)Cc2ccc(C(F)(F)F)cc2C(F)(F)F)CN(c2ccccc2)c2ccccc21. The molecule has 1 unspecified atom stereocenters. The third kappa shape index (κ3) is 6.02. The summed E-state index contributed by atoms with van der Waals surface area (Å²) in [5, 5.41) is 2.54. The van der Waals surface area contributed by atoms with E-state index < -0.39 is 53.3 Å². The van der Waals surface area contributed by atoms with E-state index in [9.17, 15) is 35.9 Å². The molecule has 39 heavy (non-hydrogen) atoms. The number of alkyl halides is 6. The highest BCUT2D eigenvalue weighted by Gasteiger charge is 2.39. The van der Waals surface area contributed by atoms with Crippen LogP contribution in [0.25, 0.3) is 0 Å². The Morgan fingerprint density at radius 1 is 0.897 bits per heavy atom. The first-order valence-corrected chi connectivity index (χ1v) is 12.1. The second kappa shape index (κ2) is 10.6. The molecule has 0 aromatic heterocycles. The van der Waals surface area contributed by atoms with Gasteiger partial charge in [0, 0.05) is 11.7 Å². The van der Waals surface area contributed by atoms with Gasteiger partial charge in [0.1, 0.15) is 6.04 Å². The Labute approximate surface area is 221 Å². The Bertz CT molecular complexity index is 1360. The van der Waals surface area contributed by atoms with Crippen molar-refractivity contribution in [3.63, 3.8) is 0 Å². The molecule has 3 aromatic carbocycles. The third-order valence-corrected chi connectivity index (χ3v) is 6.35. The van der Waals surface area contributed by atoms with Crippen LogP contribution in [-0.4, -0.2) is 30.4 Å². The van der Waals surface area contributed by atoms with Gasteiger partial charge in [0.05, 0.1) is 35.5 Å². The van der Waals surface area contributed by atoms with Crippen LogP contribution >= 0.6 is 0 Å². The van der Waals surface area contributed by atoms with Gasteiger partial charge in [-0.3, -0.25) is 9.59 Å². The van der Waals surface area contributed by atoms with Crippen molar-refractivity contribution in [1.29, 1.82) is 0 Å².